The normalized spacial score (nSPS) is 20.0. The number of fused-ring (bicyclic) bond motifs is 1. The number of nitrogens with two attached hydrogens (primary N) is 3. The molecular formula is C29H37BF3N5O5. The number of likely N-dealkylation sites (tertiary alicyclic amines) is 1. The summed E-state index contributed by atoms with van der Waals surface area (Å²) in [6.45, 7) is 1.01. The second kappa shape index (κ2) is 14.0. The first kappa shape index (κ1) is 32.6. The van der Waals surface area contributed by atoms with Crippen LogP contribution >= 0.6 is 0 Å². The van der Waals surface area contributed by atoms with Crippen molar-refractivity contribution in [3.05, 3.63) is 64.7 Å². The third-order valence-corrected chi connectivity index (χ3v) is 7.83. The standard InChI is InChI=1S/C29H37BF3N5O5/c31-29(32,33)20-6-2-17(3-7-20)4-9-25(26(39)12-18-1-5-19-16-43-30(42)23(19)11-18)37-28(41)24(36)8-10-27(40)38-14-21(34)13-22(35)15-38/h1-3,5-7,11,21-22,24-25,42H,4,8-10,12-16,34-36H2,(H,37,41)/t21-,22+,24-,25+/m0/s1. The molecule has 2 aromatic carbocycles. The molecule has 0 radical (unpaired) electrons. The molecule has 10 nitrogen and oxygen atoms in total. The van der Waals surface area contributed by atoms with Crippen LogP contribution in [0.15, 0.2) is 42.5 Å². The maximum atomic E-state index is 13.4. The summed E-state index contributed by atoms with van der Waals surface area (Å²) in [4.78, 5) is 40.7. The van der Waals surface area contributed by atoms with Crippen molar-refractivity contribution >= 4 is 30.2 Å². The minimum atomic E-state index is -4.47. The second-order valence-corrected chi connectivity index (χ2v) is 11.3. The van der Waals surface area contributed by atoms with E-state index in [2.05, 4.69) is 5.32 Å². The first-order valence-electron chi connectivity index (χ1n) is 14.2. The third kappa shape index (κ3) is 8.86. The summed E-state index contributed by atoms with van der Waals surface area (Å²) in [6, 6.07) is 7.28. The second-order valence-electron chi connectivity index (χ2n) is 11.3. The van der Waals surface area contributed by atoms with Crippen LogP contribution in [0.2, 0.25) is 0 Å². The highest BCUT2D eigenvalue weighted by Gasteiger charge is 2.31. The number of aryl methyl sites for hydroxylation is 1. The highest BCUT2D eigenvalue weighted by molar-refractivity contribution is 6.61. The lowest BCUT2D eigenvalue weighted by Gasteiger charge is -2.34. The molecule has 2 amide bonds. The van der Waals surface area contributed by atoms with E-state index in [1.54, 1.807) is 23.1 Å². The number of nitrogens with one attached hydrogen (secondary N) is 1. The molecule has 43 heavy (non-hydrogen) atoms. The Bertz CT molecular complexity index is 1300. The Labute approximate surface area is 248 Å². The van der Waals surface area contributed by atoms with Crippen molar-refractivity contribution in [3.63, 3.8) is 0 Å². The predicted molar refractivity (Wildman–Crippen MR) is 154 cm³/mol. The molecule has 232 valence electrons. The van der Waals surface area contributed by atoms with E-state index in [4.69, 9.17) is 21.9 Å². The summed E-state index contributed by atoms with van der Waals surface area (Å²) in [5, 5.41) is 12.7. The van der Waals surface area contributed by atoms with Gasteiger partial charge in [-0.05, 0) is 60.0 Å². The van der Waals surface area contributed by atoms with E-state index in [0.717, 1.165) is 17.7 Å². The number of carbonyl (C=O) groups is 3. The van der Waals surface area contributed by atoms with Crippen LogP contribution in [0.25, 0.3) is 0 Å². The van der Waals surface area contributed by atoms with Gasteiger partial charge < -0.3 is 37.1 Å². The molecule has 2 aliphatic heterocycles. The van der Waals surface area contributed by atoms with E-state index in [1.165, 1.54) is 12.1 Å². The van der Waals surface area contributed by atoms with E-state index in [1.807, 2.05) is 0 Å². The van der Waals surface area contributed by atoms with Crippen molar-refractivity contribution in [2.45, 2.75) is 75.5 Å². The van der Waals surface area contributed by atoms with E-state index >= 15 is 0 Å². The van der Waals surface area contributed by atoms with Gasteiger partial charge in [0.15, 0.2) is 5.78 Å². The molecule has 1 fully saturated rings. The zero-order chi connectivity index (χ0) is 31.3. The topological polar surface area (TPSA) is 174 Å². The lowest BCUT2D eigenvalue weighted by molar-refractivity contribution is -0.137. The number of benzene rings is 2. The lowest BCUT2D eigenvalue weighted by Crippen LogP contribution is -2.54. The van der Waals surface area contributed by atoms with Gasteiger partial charge >= 0.3 is 13.3 Å². The van der Waals surface area contributed by atoms with E-state index in [-0.39, 0.29) is 62.5 Å². The average Bonchev–Trinajstić information content (AvgIpc) is 3.32. The van der Waals surface area contributed by atoms with Gasteiger partial charge in [0.05, 0.1) is 24.3 Å². The lowest BCUT2D eigenvalue weighted by atomic mass is 9.78. The van der Waals surface area contributed by atoms with Crippen LogP contribution in [-0.2, 0) is 44.7 Å². The number of amides is 2. The number of alkyl halides is 3. The zero-order valence-corrected chi connectivity index (χ0v) is 23.7. The number of Topliss-reactive ketones (excluding diaryl/α,β-unsaturated/α-hetero) is 1. The van der Waals surface area contributed by atoms with Crippen molar-refractivity contribution in [1.82, 2.24) is 10.2 Å². The Morgan fingerprint density at radius 3 is 2.35 bits per heavy atom. The van der Waals surface area contributed by atoms with Crippen LogP contribution in [0.1, 0.15) is 47.9 Å². The fourth-order valence-corrected chi connectivity index (χ4v) is 5.41. The Morgan fingerprint density at radius 1 is 1.05 bits per heavy atom. The van der Waals surface area contributed by atoms with Gasteiger partial charge in [-0.1, -0.05) is 30.3 Å². The number of hydrogen-bond donors (Lipinski definition) is 5. The maximum Gasteiger partial charge on any atom is 0.491 e. The number of rotatable bonds is 11. The number of ketones is 1. The minimum absolute atomic E-state index is 0.00227. The Kier molecular flexibility index (Phi) is 10.6. The Morgan fingerprint density at radius 2 is 1.70 bits per heavy atom. The first-order valence-corrected chi connectivity index (χ1v) is 14.2. The van der Waals surface area contributed by atoms with Gasteiger partial charge in [-0.2, -0.15) is 13.2 Å². The summed E-state index contributed by atoms with van der Waals surface area (Å²) in [5.74, 6) is -1.18. The Hall–Kier alpha value is -3.30. The third-order valence-electron chi connectivity index (χ3n) is 7.83. The van der Waals surface area contributed by atoms with E-state index < -0.39 is 36.8 Å². The van der Waals surface area contributed by atoms with Crippen molar-refractivity contribution < 1.29 is 37.2 Å². The number of carbonyl (C=O) groups excluding carboxylic acids is 3. The molecule has 0 unspecified atom stereocenters. The Balaban J connectivity index is 1.40. The molecule has 2 aromatic rings. The predicted octanol–water partition coefficient (Wildman–Crippen LogP) is 0.147. The molecule has 2 aliphatic rings. The summed E-state index contributed by atoms with van der Waals surface area (Å²) in [5.41, 5.74) is 19.8. The molecule has 4 rings (SSSR count). The molecule has 14 heteroatoms. The number of halogens is 3. The van der Waals surface area contributed by atoms with Crippen LogP contribution in [0.4, 0.5) is 13.2 Å². The molecular weight excluding hydrogens is 566 g/mol. The van der Waals surface area contributed by atoms with Gasteiger partial charge in [0.1, 0.15) is 0 Å². The van der Waals surface area contributed by atoms with Crippen LogP contribution < -0.4 is 28.0 Å². The monoisotopic (exact) mass is 603 g/mol. The minimum Gasteiger partial charge on any atom is -0.423 e. The van der Waals surface area contributed by atoms with Crippen LogP contribution in [0.5, 0.6) is 0 Å². The fourth-order valence-electron chi connectivity index (χ4n) is 5.41. The summed E-state index contributed by atoms with van der Waals surface area (Å²) >= 11 is 0. The van der Waals surface area contributed by atoms with Crippen molar-refractivity contribution in [2.24, 2.45) is 17.2 Å². The van der Waals surface area contributed by atoms with Crippen molar-refractivity contribution in [2.75, 3.05) is 13.1 Å². The van der Waals surface area contributed by atoms with Crippen molar-refractivity contribution in [3.8, 4) is 0 Å². The first-order chi connectivity index (χ1) is 20.3. The number of hydrogen-bond acceptors (Lipinski definition) is 8. The fraction of sp³-hybridized carbons (Fsp3) is 0.483. The van der Waals surface area contributed by atoms with Crippen LogP contribution in [0, 0.1) is 0 Å². The summed E-state index contributed by atoms with van der Waals surface area (Å²) in [7, 11) is -1.09. The SMILES string of the molecule is N[C@@H]1C[C@H](N)CN(C(=O)CC[C@H](N)C(=O)N[C@H](CCc2ccc(C(F)(F)F)cc2)C(=O)Cc2ccc3c(c2)B(O)OC3)C1. The molecule has 1 saturated heterocycles. The van der Waals surface area contributed by atoms with Gasteiger partial charge in [0.2, 0.25) is 11.8 Å². The van der Waals surface area contributed by atoms with Gasteiger partial charge in [0.25, 0.3) is 0 Å². The smallest absolute Gasteiger partial charge is 0.423 e. The van der Waals surface area contributed by atoms with Gasteiger partial charge in [0, 0.05) is 38.0 Å². The maximum absolute atomic E-state index is 13.4. The van der Waals surface area contributed by atoms with Gasteiger partial charge in [-0.25, -0.2) is 0 Å². The molecule has 8 N–H and O–H groups in total. The highest BCUT2D eigenvalue weighted by Crippen LogP contribution is 2.29. The highest BCUT2D eigenvalue weighted by atomic mass is 19.4. The average molecular weight is 603 g/mol. The molecule has 0 aliphatic carbocycles. The summed E-state index contributed by atoms with van der Waals surface area (Å²) < 4.78 is 44.1. The van der Waals surface area contributed by atoms with Gasteiger partial charge in [-0.15, -0.1) is 0 Å². The molecule has 0 aromatic heterocycles. The van der Waals surface area contributed by atoms with Crippen LogP contribution in [-0.4, -0.2) is 71.9 Å². The molecule has 0 spiro atoms. The molecule has 4 atom stereocenters. The van der Waals surface area contributed by atoms with Gasteiger partial charge in [-0.3, -0.25) is 14.4 Å². The number of nitrogens with zero attached hydrogens (tertiary/aromatic N) is 1. The quantitative estimate of drug-likeness (QED) is 0.226. The van der Waals surface area contributed by atoms with Crippen molar-refractivity contribution in [1.29, 1.82) is 0 Å². The largest absolute Gasteiger partial charge is 0.491 e. The molecule has 2 heterocycles. The van der Waals surface area contributed by atoms with E-state index in [0.29, 0.717) is 36.1 Å². The zero-order valence-electron chi connectivity index (χ0n) is 23.7. The molecule has 0 saturated carbocycles. The summed E-state index contributed by atoms with van der Waals surface area (Å²) in [6.07, 6.45) is -3.56. The van der Waals surface area contributed by atoms with Crippen LogP contribution in [0.3, 0.4) is 0 Å². The number of piperidine rings is 1. The van der Waals surface area contributed by atoms with E-state index in [9.17, 15) is 32.6 Å². The molecule has 0 bridgehead atoms.